The molecule has 0 radical (unpaired) electrons. The van der Waals surface area contributed by atoms with Crippen LogP contribution in [0.25, 0.3) is 11.3 Å². The van der Waals surface area contributed by atoms with Crippen molar-refractivity contribution in [3.05, 3.63) is 108 Å². The van der Waals surface area contributed by atoms with E-state index in [2.05, 4.69) is 15.6 Å². The molecule has 2 atom stereocenters. The number of pyridine rings is 1. The van der Waals surface area contributed by atoms with E-state index in [4.69, 9.17) is 16.6 Å². The molecule has 0 spiro atoms. The summed E-state index contributed by atoms with van der Waals surface area (Å²) in [6.07, 6.45) is 1.96. The zero-order valence-electron chi connectivity index (χ0n) is 20.6. The number of carbonyl (C=O) groups excluding carboxylic acids is 1. The predicted molar refractivity (Wildman–Crippen MR) is 148 cm³/mol. The molecule has 3 heterocycles. The number of aromatic carboxylic acids is 1. The number of carboxylic acids is 1. The van der Waals surface area contributed by atoms with Gasteiger partial charge in [0.1, 0.15) is 17.6 Å². The number of furan rings is 1. The summed E-state index contributed by atoms with van der Waals surface area (Å²) >= 11 is 5.69. The molecular formula is C29H26N4O4S. The standard InChI is InChI=1S/C29H26N4O4S/c1-18-5-11-21(12-6-18)31-25(34)15-17-33-27(26(32-29(33)38)22-4-2-3-16-30-22)24-14-13-23(37-24)19-7-9-20(10-8-19)28(35)36/h2-14,16,26-27H,15,17H2,1H3,(H,31,34)(H,32,38)(H,35,36)/t26-,27-/m0/s1. The van der Waals surface area contributed by atoms with Crippen molar-refractivity contribution < 1.29 is 19.1 Å². The highest BCUT2D eigenvalue weighted by atomic mass is 32.1. The summed E-state index contributed by atoms with van der Waals surface area (Å²) in [5.41, 5.74) is 3.63. The van der Waals surface area contributed by atoms with Crippen molar-refractivity contribution >= 4 is 34.9 Å². The Kier molecular flexibility index (Phi) is 7.19. The van der Waals surface area contributed by atoms with E-state index in [1.807, 2.05) is 66.4 Å². The maximum atomic E-state index is 12.7. The number of nitrogens with one attached hydrogen (secondary N) is 2. The number of hydrogen-bond acceptors (Lipinski definition) is 5. The normalized spacial score (nSPS) is 16.8. The number of thiocarbonyl (C=S) groups is 1. The van der Waals surface area contributed by atoms with Gasteiger partial charge < -0.3 is 25.1 Å². The van der Waals surface area contributed by atoms with Gasteiger partial charge in [0.25, 0.3) is 0 Å². The Morgan fingerprint density at radius 3 is 2.50 bits per heavy atom. The highest BCUT2D eigenvalue weighted by Crippen LogP contribution is 2.40. The number of benzene rings is 2. The molecule has 0 saturated carbocycles. The maximum absolute atomic E-state index is 12.7. The van der Waals surface area contributed by atoms with Gasteiger partial charge in [-0.2, -0.15) is 0 Å². The highest BCUT2D eigenvalue weighted by Gasteiger charge is 2.41. The summed E-state index contributed by atoms with van der Waals surface area (Å²) < 4.78 is 6.28. The molecule has 8 nitrogen and oxygen atoms in total. The molecule has 0 bridgehead atoms. The third-order valence-corrected chi connectivity index (χ3v) is 6.80. The van der Waals surface area contributed by atoms with Crippen molar-refractivity contribution in [3.63, 3.8) is 0 Å². The van der Waals surface area contributed by atoms with Gasteiger partial charge in [-0.1, -0.05) is 35.9 Å². The molecule has 5 rings (SSSR count). The molecule has 4 aromatic rings. The van der Waals surface area contributed by atoms with Crippen LogP contribution in [0.1, 0.15) is 45.9 Å². The summed E-state index contributed by atoms with van der Waals surface area (Å²) in [5, 5.41) is 16.0. The molecular weight excluding hydrogens is 500 g/mol. The minimum atomic E-state index is -0.984. The first-order chi connectivity index (χ1) is 18.4. The average Bonchev–Trinajstić information content (AvgIpc) is 3.54. The Balaban J connectivity index is 1.38. The van der Waals surface area contributed by atoms with Crippen LogP contribution in [0.4, 0.5) is 5.69 Å². The average molecular weight is 527 g/mol. The Morgan fingerprint density at radius 2 is 1.82 bits per heavy atom. The molecule has 0 aliphatic carbocycles. The van der Waals surface area contributed by atoms with Gasteiger partial charge >= 0.3 is 5.97 Å². The van der Waals surface area contributed by atoms with Crippen molar-refractivity contribution in [1.29, 1.82) is 0 Å². The number of aryl methyl sites for hydroxylation is 1. The fourth-order valence-electron chi connectivity index (χ4n) is 4.48. The summed E-state index contributed by atoms with van der Waals surface area (Å²) in [4.78, 5) is 30.4. The Bertz CT molecular complexity index is 1450. The van der Waals surface area contributed by atoms with Crippen molar-refractivity contribution in [2.45, 2.75) is 25.4 Å². The molecule has 2 aromatic carbocycles. The summed E-state index contributed by atoms with van der Waals surface area (Å²) in [5.74, 6) is 0.161. The van der Waals surface area contributed by atoms with E-state index in [1.165, 1.54) is 0 Å². The van der Waals surface area contributed by atoms with Crippen LogP contribution in [0.15, 0.2) is 89.5 Å². The Labute approximate surface area is 225 Å². The number of amides is 1. The molecule has 1 aliphatic rings. The van der Waals surface area contributed by atoms with Crippen LogP contribution in [0, 0.1) is 6.92 Å². The molecule has 38 heavy (non-hydrogen) atoms. The predicted octanol–water partition coefficient (Wildman–Crippen LogP) is 5.35. The lowest BCUT2D eigenvalue weighted by molar-refractivity contribution is -0.116. The zero-order chi connectivity index (χ0) is 26.6. The van der Waals surface area contributed by atoms with Gasteiger partial charge in [-0.05, 0) is 67.7 Å². The minimum Gasteiger partial charge on any atom is -0.478 e. The van der Waals surface area contributed by atoms with Crippen LogP contribution < -0.4 is 10.6 Å². The van der Waals surface area contributed by atoms with Crippen molar-refractivity contribution in [2.24, 2.45) is 0 Å². The summed E-state index contributed by atoms with van der Waals surface area (Å²) in [7, 11) is 0. The number of aromatic nitrogens is 1. The van der Waals surface area contributed by atoms with Crippen LogP contribution in [0.2, 0.25) is 0 Å². The van der Waals surface area contributed by atoms with Gasteiger partial charge in [-0.15, -0.1) is 0 Å². The van der Waals surface area contributed by atoms with E-state index >= 15 is 0 Å². The van der Waals surface area contributed by atoms with E-state index in [0.717, 1.165) is 22.5 Å². The van der Waals surface area contributed by atoms with E-state index in [0.29, 0.717) is 23.2 Å². The smallest absolute Gasteiger partial charge is 0.335 e. The second-order valence-corrected chi connectivity index (χ2v) is 9.46. The molecule has 1 amide bonds. The van der Waals surface area contributed by atoms with Crippen LogP contribution >= 0.6 is 12.2 Å². The lowest BCUT2D eigenvalue weighted by Crippen LogP contribution is -2.32. The summed E-state index contributed by atoms with van der Waals surface area (Å²) in [6, 6.07) is 23.0. The number of anilines is 1. The molecule has 1 saturated heterocycles. The molecule has 0 unspecified atom stereocenters. The molecule has 1 fully saturated rings. The van der Waals surface area contributed by atoms with Crippen molar-refractivity contribution in [3.8, 4) is 11.3 Å². The van der Waals surface area contributed by atoms with Gasteiger partial charge in [-0.25, -0.2) is 4.79 Å². The molecule has 2 aromatic heterocycles. The number of nitrogens with zero attached hydrogens (tertiary/aromatic N) is 2. The van der Waals surface area contributed by atoms with E-state index in [1.54, 1.807) is 30.5 Å². The minimum absolute atomic E-state index is 0.115. The lowest BCUT2D eigenvalue weighted by Gasteiger charge is -2.25. The highest BCUT2D eigenvalue weighted by molar-refractivity contribution is 7.80. The quantitative estimate of drug-likeness (QED) is 0.264. The fourth-order valence-corrected chi connectivity index (χ4v) is 4.81. The van der Waals surface area contributed by atoms with E-state index in [9.17, 15) is 14.7 Å². The maximum Gasteiger partial charge on any atom is 0.335 e. The fraction of sp³-hybridized carbons (Fsp3) is 0.172. The number of rotatable bonds is 8. The first kappa shape index (κ1) is 25.2. The van der Waals surface area contributed by atoms with Crippen LogP contribution in [-0.4, -0.2) is 38.5 Å². The van der Waals surface area contributed by atoms with Gasteiger partial charge in [0.05, 0.1) is 17.3 Å². The molecule has 9 heteroatoms. The lowest BCUT2D eigenvalue weighted by atomic mass is 10.0. The van der Waals surface area contributed by atoms with Crippen LogP contribution in [0.3, 0.4) is 0 Å². The first-order valence-electron chi connectivity index (χ1n) is 12.2. The van der Waals surface area contributed by atoms with Gasteiger partial charge in [0.15, 0.2) is 5.11 Å². The second-order valence-electron chi connectivity index (χ2n) is 9.07. The van der Waals surface area contributed by atoms with Crippen molar-refractivity contribution in [2.75, 3.05) is 11.9 Å². The Morgan fingerprint density at radius 1 is 1.05 bits per heavy atom. The summed E-state index contributed by atoms with van der Waals surface area (Å²) in [6.45, 7) is 2.37. The third kappa shape index (κ3) is 5.42. The molecule has 3 N–H and O–H groups in total. The first-order valence-corrected chi connectivity index (χ1v) is 12.6. The third-order valence-electron chi connectivity index (χ3n) is 6.45. The van der Waals surface area contributed by atoms with Crippen LogP contribution in [0.5, 0.6) is 0 Å². The van der Waals surface area contributed by atoms with E-state index in [-0.39, 0.29) is 30.0 Å². The van der Waals surface area contributed by atoms with Gasteiger partial charge in [0, 0.05) is 30.4 Å². The topological polar surface area (TPSA) is 108 Å². The van der Waals surface area contributed by atoms with Crippen LogP contribution in [-0.2, 0) is 4.79 Å². The number of hydrogen-bond donors (Lipinski definition) is 3. The SMILES string of the molecule is Cc1ccc(NC(=O)CCN2C(=S)N[C@@H](c3ccccn3)[C@@H]2c2ccc(-c3ccc(C(=O)O)cc3)o2)cc1. The monoisotopic (exact) mass is 526 g/mol. The molecule has 192 valence electrons. The largest absolute Gasteiger partial charge is 0.478 e. The zero-order valence-corrected chi connectivity index (χ0v) is 21.4. The Hall–Kier alpha value is -4.50. The number of carbonyl (C=O) groups is 2. The van der Waals surface area contributed by atoms with Gasteiger partial charge in [-0.3, -0.25) is 9.78 Å². The van der Waals surface area contributed by atoms with Gasteiger partial charge in [0.2, 0.25) is 5.91 Å². The molecule has 1 aliphatic heterocycles. The van der Waals surface area contributed by atoms with E-state index < -0.39 is 5.97 Å². The second kappa shape index (κ2) is 10.9. The number of carboxylic acid groups (broad SMARTS) is 1. The van der Waals surface area contributed by atoms with Crippen molar-refractivity contribution in [1.82, 2.24) is 15.2 Å².